The fraction of sp³-hybridized carbons (Fsp3) is 0.600. The molecular weight excluding hydrogens is 404 g/mol. The van der Waals surface area contributed by atoms with Gasteiger partial charge in [-0.15, -0.1) is 0 Å². The Morgan fingerprint density at radius 2 is 1.97 bits per heavy atom. The van der Waals surface area contributed by atoms with Gasteiger partial charge < -0.3 is 14.2 Å². The Morgan fingerprint density at radius 1 is 1.16 bits per heavy atom. The van der Waals surface area contributed by atoms with Crippen LogP contribution in [0.15, 0.2) is 29.2 Å². The highest BCUT2D eigenvalue weighted by Gasteiger charge is 2.42. The van der Waals surface area contributed by atoms with Gasteiger partial charge in [-0.1, -0.05) is 32.3 Å². The van der Waals surface area contributed by atoms with Crippen LogP contribution >= 0.6 is 0 Å². The van der Waals surface area contributed by atoms with Gasteiger partial charge in [0.15, 0.2) is 5.69 Å². The highest BCUT2D eigenvalue weighted by molar-refractivity contribution is 5.96. The summed E-state index contributed by atoms with van der Waals surface area (Å²) in [5.41, 5.74) is 0.917. The topological polar surface area (TPSA) is 77.3 Å². The summed E-state index contributed by atoms with van der Waals surface area (Å²) in [6, 6.07) is 6.35. The van der Waals surface area contributed by atoms with Gasteiger partial charge in [0.1, 0.15) is 5.82 Å². The summed E-state index contributed by atoms with van der Waals surface area (Å²) < 4.78 is 7.85. The molecule has 1 amide bonds. The van der Waals surface area contributed by atoms with E-state index < -0.39 is 5.56 Å². The molecule has 2 aliphatic carbocycles. The van der Waals surface area contributed by atoms with Crippen LogP contribution in [0, 0.1) is 0 Å². The largest absolute Gasteiger partial charge is 0.486 e. The molecule has 3 heterocycles. The van der Waals surface area contributed by atoms with Crippen molar-refractivity contribution in [3.8, 4) is 5.75 Å². The van der Waals surface area contributed by atoms with Crippen LogP contribution in [0.4, 0.5) is 0 Å². The number of hydrogen-bond donors (Lipinski definition) is 0. The van der Waals surface area contributed by atoms with Gasteiger partial charge in [-0.25, -0.2) is 0 Å². The molecule has 0 aromatic carbocycles. The molecule has 2 fully saturated rings. The summed E-state index contributed by atoms with van der Waals surface area (Å²) in [6.45, 7) is 3.82. The summed E-state index contributed by atoms with van der Waals surface area (Å²) in [6.07, 6.45) is 10.7. The van der Waals surface area contributed by atoms with E-state index >= 15 is 0 Å². The first-order valence-corrected chi connectivity index (χ1v) is 12.1. The summed E-state index contributed by atoms with van der Waals surface area (Å²) in [7, 11) is 0. The molecule has 0 unspecified atom stereocenters. The van der Waals surface area contributed by atoms with E-state index in [9.17, 15) is 9.59 Å². The van der Waals surface area contributed by atoms with E-state index in [4.69, 9.17) is 4.74 Å². The molecule has 5 rings (SSSR count). The quantitative estimate of drug-likeness (QED) is 0.592. The molecule has 2 aromatic heterocycles. The predicted molar refractivity (Wildman–Crippen MR) is 121 cm³/mol. The Bertz CT molecular complexity index is 1040. The number of carbonyl (C=O) groups is 1. The van der Waals surface area contributed by atoms with Gasteiger partial charge in [0.2, 0.25) is 5.75 Å². The van der Waals surface area contributed by atoms with E-state index in [-0.39, 0.29) is 17.1 Å². The van der Waals surface area contributed by atoms with Crippen molar-refractivity contribution >= 4 is 5.91 Å². The maximum Gasteiger partial charge on any atom is 0.316 e. The molecular formula is C25H32N4O3. The normalized spacial score (nSPS) is 19.8. The van der Waals surface area contributed by atoms with E-state index in [0.717, 1.165) is 57.1 Å². The van der Waals surface area contributed by atoms with Crippen molar-refractivity contribution in [2.45, 2.75) is 82.7 Å². The zero-order valence-corrected chi connectivity index (χ0v) is 18.9. The molecule has 2 saturated carbocycles. The molecule has 0 radical (unpaired) electrons. The van der Waals surface area contributed by atoms with Gasteiger partial charge in [0, 0.05) is 42.9 Å². The van der Waals surface area contributed by atoms with Crippen LogP contribution in [0.1, 0.15) is 80.3 Å². The van der Waals surface area contributed by atoms with Crippen molar-refractivity contribution in [2.75, 3.05) is 13.2 Å². The molecule has 170 valence electrons. The molecule has 0 bridgehead atoms. The van der Waals surface area contributed by atoms with Crippen LogP contribution in [0.5, 0.6) is 5.75 Å². The zero-order valence-electron chi connectivity index (χ0n) is 18.9. The average molecular weight is 437 g/mol. The Hall–Kier alpha value is -2.70. The summed E-state index contributed by atoms with van der Waals surface area (Å²) in [4.78, 5) is 37.7. The minimum absolute atomic E-state index is 0.0793. The third kappa shape index (κ3) is 3.82. The van der Waals surface area contributed by atoms with Crippen LogP contribution < -0.4 is 10.3 Å². The highest BCUT2D eigenvalue weighted by atomic mass is 16.5. The standard InChI is InChI=1S/C25H32N4O3/c1-2-3-16-32-22-21-24(31)28(18-9-10-18)14-15-29(21)20(27-23(22)30)17-25(11-5-6-12-25)19-8-4-7-13-26-19/h4,7-8,13,18H,2-3,5-6,9-12,14-17H2,1H3. The first kappa shape index (κ1) is 21.2. The monoisotopic (exact) mass is 436 g/mol. The Morgan fingerprint density at radius 3 is 2.66 bits per heavy atom. The minimum atomic E-state index is -0.414. The number of fused-ring (bicyclic) bond motifs is 1. The number of nitrogens with zero attached hydrogens (tertiary/aromatic N) is 4. The molecule has 7 nitrogen and oxygen atoms in total. The molecule has 0 N–H and O–H groups in total. The SMILES string of the molecule is CCCCOc1c2n(c(CC3(c4ccccn4)CCCC3)nc1=O)CCN(C1CC1)C2=O. The summed E-state index contributed by atoms with van der Waals surface area (Å²) in [5.74, 6) is 0.754. The van der Waals surface area contributed by atoms with Gasteiger partial charge in [-0.3, -0.25) is 14.6 Å². The Balaban J connectivity index is 1.57. The lowest BCUT2D eigenvalue weighted by Crippen LogP contribution is -2.45. The third-order valence-corrected chi connectivity index (χ3v) is 7.25. The number of aromatic nitrogens is 3. The lowest BCUT2D eigenvalue weighted by Gasteiger charge is -2.34. The number of carbonyl (C=O) groups excluding carboxylic acids is 1. The molecule has 0 spiro atoms. The molecule has 2 aromatic rings. The van der Waals surface area contributed by atoms with Gasteiger partial charge in [-0.05, 0) is 44.2 Å². The van der Waals surface area contributed by atoms with Crippen LogP contribution in [0.25, 0.3) is 0 Å². The summed E-state index contributed by atoms with van der Waals surface area (Å²) >= 11 is 0. The number of pyridine rings is 1. The molecule has 0 saturated heterocycles. The van der Waals surface area contributed by atoms with Gasteiger partial charge in [0.25, 0.3) is 5.91 Å². The highest BCUT2D eigenvalue weighted by Crippen LogP contribution is 2.43. The second-order valence-electron chi connectivity index (χ2n) is 9.47. The van der Waals surface area contributed by atoms with Gasteiger partial charge >= 0.3 is 5.56 Å². The number of hydrogen-bond acceptors (Lipinski definition) is 5. The van der Waals surface area contributed by atoms with Crippen molar-refractivity contribution in [1.29, 1.82) is 0 Å². The maximum atomic E-state index is 13.5. The van der Waals surface area contributed by atoms with Crippen molar-refractivity contribution in [1.82, 2.24) is 19.4 Å². The number of ether oxygens (including phenoxy) is 1. The lowest BCUT2D eigenvalue weighted by atomic mass is 9.78. The van der Waals surface area contributed by atoms with Gasteiger partial charge in [-0.2, -0.15) is 4.98 Å². The predicted octanol–water partition coefficient (Wildman–Crippen LogP) is 3.49. The lowest BCUT2D eigenvalue weighted by molar-refractivity contribution is 0.0675. The zero-order chi connectivity index (χ0) is 22.1. The van der Waals surface area contributed by atoms with Crippen LogP contribution in [0.3, 0.4) is 0 Å². The van der Waals surface area contributed by atoms with E-state index in [1.807, 2.05) is 27.8 Å². The van der Waals surface area contributed by atoms with Crippen molar-refractivity contribution in [2.24, 2.45) is 0 Å². The van der Waals surface area contributed by atoms with Crippen LogP contribution in [-0.4, -0.2) is 44.5 Å². The molecule has 0 atom stereocenters. The summed E-state index contributed by atoms with van der Waals surface area (Å²) in [5, 5.41) is 0. The van der Waals surface area contributed by atoms with E-state index in [2.05, 4.69) is 23.0 Å². The smallest absolute Gasteiger partial charge is 0.316 e. The number of unbranched alkanes of at least 4 members (excludes halogenated alkanes) is 1. The van der Waals surface area contributed by atoms with E-state index in [0.29, 0.717) is 43.7 Å². The van der Waals surface area contributed by atoms with Crippen molar-refractivity contribution in [3.05, 3.63) is 52.0 Å². The minimum Gasteiger partial charge on any atom is -0.486 e. The van der Waals surface area contributed by atoms with Crippen molar-refractivity contribution in [3.63, 3.8) is 0 Å². The van der Waals surface area contributed by atoms with Gasteiger partial charge in [0.05, 0.1) is 6.61 Å². The van der Waals surface area contributed by atoms with E-state index in [1.165, 1.54) is 0 Å². The first-order chi connectivity index (χ1) is 15.6. The average Bonchev–Trinajstić information content (AvgIpc) is 3.54. The van der Waals surface area contributed by atoms with Crippen LogP contribution in [-0.2, 0) is 18.4 Å². The second-order valence-corrected chi connectivity index (χ2v) is 9.47. The number of amides is 1. The fourth-order valence-corrected chi connectivity index (χ4v) is 5.35. The fourth-order valence-electron chi connectivity index (χ4n) is 5.35. The van der Waals surface area contributed by atoms with Crippen molar-refractivity contribution < 1.29 is 9.53 Å². The number of rotatable bonds is 8. The van der Waals surface area contributed by atoms with E-state index in [1.54, 1.807) is 0 Å². The Labute approximate surface area is 188 Å². The third-order valence-electron chi connectivity index (χ3n) is 7.25. The first-order valence-electron chi connectivity index (χ1n) is 12.1. The molecule has 3 aliphatic rings. The van der Waals surface area contributed by atoms with Crippen LogP contribution in [0.2, 0.25) is 0 Å². The molecule has 32 heavy (non-hydrogen) atoms. The Kier molecular flexibility index (Phi) is 5.74. The second kappa shape index (κ2) is 8.68. The maximum absolute atomic E-state index is 13.5. The molecule has 7 heteroatoms. The molecule has 1 aliphatic heterocycles.